The van der Waals surface area contributed by atoms with Crippen LogP contribution in [0.3, 0.4) is 0 Å². The van der Waals surface area contributed by atoms with Crippen LogP contribution in [0.1, 0.15) is 38.5 Å². The van der Waals surface area contributed by atoms with E-state index in [0.29, 0.717) is 6.04 Å². The molecule has 1 nitrogen and oxygen atoms in total. The van der Waals surface area contributed by atoms with Gasteiger partial charge in [-0.3, -0.25) is 0 Å². The fourth-order valence-corrected chi connectivity index (χ4v) is 2.08. The van der Waals surface area contributed by atoms with Gasteiger partial charge in [0.15, 0.2) is 0 Å². The Morgan fingerprint density at radius 3 is 2.83 bits per heavy atom. The van der Waals surface area contributed by atoms with Crippen LogP contribution in [0.15, 0.2) is 0 Å². The Hall–Kier alpha value is -0.480. The first-order chi connectivity index (χ1) is 5.86. The predicted molar refractivity (Wildman–Crippen MR) is 52.9 cm³/mol. The van der Waals surface area contributed by atoms with Gasteiger partial charge in [-0.1, -0.05) is 12.8 Å². The summed E-state index contributed by atoms with van der Waals surface area (Å²) in [5.74, 6) is 3.56. The highest BCUT2D eigenvalue weighted by Gasteiger charge is 2.17. The van der Waals surface area contributed by atoms with Crippen LogP contribution in [-0.4, -0.2) is 13.1 Å². The number of nitrogens with one attached hydrogen (secondary N) is 1. The molecule has 12 heavy (non-hydrogen) atoms. The maximum Gasteiger partial charge on any atom is 0.0115 e. The van der Waals surface area contributed by atoms with Crippen LogP contribution >= 0.6 is 0 Å². The minimum absolute atomic E-state index is 0.714. The first-order valence-electron chi connectivity index (χ1n) is 4.97. The van der Waals surface area contributed by atoms with Crippen LogP contribution in [0.25, 0.3) is 0 Å². The minimum Gasteiger partial charge on any atom is -0.317 e. The molecule has 1 aliphatic rings. The number of hydrogen-bond donors (Lipinski definition) is 1. The van der Waals surface area contributed by atoms with Crippen molar-refractivity contribution < 1.29 is 0 Å². The van der Waals surface area contributed by atoms with Crippen molar-refractivity contribution in [2.24, 2.45) is 5.92 Å². The molecule has 1 heteroatoms. The summed E-state index contributed by atoms with van der Waals surface area (Å²) in [6.45, 7) is 0. The molecule has 0 aromatic heterocycles. The van der Waals surface area contributed by atoms with Crippen molar-refractivity contribution in [2.75, 3.05) is 7.05 Å². The van der Waals surface area contributed by atoms with E-state index in [1.165, 1.54) is 32.1 Å². The summed E-state index contributed by atoms with van der Waals surface area (Å²) in [6, 6.07) is 0.714. The molecule has 1 rings (SSSR count). The Labute approximate surface area is 75.9 Å². The Balaban J connectivity index is 2.37. The van der Waals surface area contributed by atoms with Crippen molar-refractivity contribution in [3.05, 3.63) is 0 Å². The largest absolute Gasteiger partial charge is 0.317 e. The summed E-state index contributed by atoms with van der Waals surface area (Å²) in [4.78, 5) is 0. The van der Waals surface area contributed by atoms with Gasteiger partial charge in [-0.25, -0.2) is 0 Å². The van der Waals surface area contributed by atoms with Gasteiger partial charge in [-0.05, 0) is 32.2 Å². The molecule has 0 bridgehead atoms. The van der Waals surface area contributed by atoms with Gasteiger partial charge in [-0.15, -0.1) is 12.3 Å². The molecule has 0 aliphatic heterocycles. The summed E-state index contributed by atoms with van der Waals surface area (Å²) in [5.41, 5.74) is 0. The fourth-order valence-electron chi connectivity index (χ4n) is 2.08. The lowest BCUT2D eigenvalue weighted by Gasteiger charge is -2.17. The summed E-state index contributed by atoms with van der Waals surface area (Å²) in [6.07, 6.45) is 13.0. The molecule has 2 atom stereocenters. The van der Waals surface area contributed by atoms with Crippen LogP contribution in [0.5, 0.6) is 0 Å². The lowest BCUT2D eigenvalue weighted by Crippen LogP contribution is -2.26. The van der Waals surface area contributed by atoms with Gasteiger partial charge < -0.3 is 5.32 Å². The smallest absolute Gasteiger partial charge is 0.0115 e. The topological polar surface area (TPSA) is 12.0 Å². The van der Waals surface area contributed by atoms with E-state index in [0.717, 1.165) is 12.3 Å². The Kier molecular flexibility index (Phi) is 4.18. The molecule has 1 N–H and O–H groups in total. The van der Waals surface area contributed by atoms with Gasteiger partial charge >= 0.3 is 0 Å². The van der Waals surface area contributed by atoms with Gasteiger partial charge in [0, 0.05) is 12.5 Å². The molecule has 0 heterocycles. The van der Waals surface area contributed by atoms with E-state index < -0.39 is 0 Å². The lowest BCUT2D eigenvalue weighted by atomic mass is 9.95. The SMILES string of the molecule is C#CCC1CCCCC(NC)C1. The molecule has 0 saturated heterocycles. The van der Waals surface area contributed by atoms with E-state index in [2.05, 4.69) is 18.3 Å². The van der Waals surface area contributed by atoms with Crippen molar-refractivity contribution in [3.8, 4) is 12.3 Å². The Morgan fingerprint density at radius 1 is 1.42 bits per heavy atom. The van der Waals surface area contributed by atoms with E-state index in [1.807, 2.05) is 0 Å². The van der Waals surface area contributed by atoms with E-state index in [4.69, 9.17) is 6.42 Å². The van der Waals surface area contributed by atoms with Gasteiger partial charge in [0.1, 0.15) is 0 Å². The second kappa shape index (κ2) is 5.22. The zero-order valence-electron chi connectivity index (χ0n) is 7.97. The van der Waals surface area contributed by atoms with Gasteiger partial charge in [0.2, 0.25) is 0 Å². The predicted octanol–water partition coefficient (Wildman–Crippen LogP) is 2.18. The first kappa shape index (κ1) is 9.61. The molecule has 1 saturated carbocycles. The van der Waals surface area contributed by atoms with Crippen molar-refractivity contribution in [1.29, 1.82) is 0 Å². The minimum atomic E-state index is 0.714. The fraction of sp³-hybridized carbons (Fsp3) is 0.818. The monoisotopic (exact) mass is 165 g/mol. The maximum absolute atomic E-state index is 5.33. The van der Waals surface area contributed by atoms with Gasteiger partial charge in [0.25, 0.3) is 0 Å². The maximum atomic E-state index is 5.33. The zero-order valence-corrected chi connectivity index (χ0v) is 7.97. The van der Waals surface area contributed by atoms with E-state index in [1.54, 1.807) is 0 Å². The number of hydrogen-bond acceptors (Lipinski definition) is 1. The Morgan fingerprint density at radius 2 is 2.17 bits per heavy atom. The van der Waals surface area contributed by atoms with Crippen LogP contribution < -0.4 is 5.32 Å². The van der Waals surface area contributed by atoms with Crippen LogP contribution in [0.4, 0.5) is 0 Å². The summed E-state index contributed by atoms with van der Waals surface area (Å²) >= 11 is 0. The van der Waals surface area contributed by atoms with Crippen LogP contribution in [0, 0.1) is 18.3 Å². The molecule has 0 amide bonds. The molecule has 1 aliphatic carbocycles. The molecule has 0 aromatic carbocycles. The second-order valence-electron chi connectivity index (χ2n) is 3.78. The summed E-state index contributed by atoms with van der Waals surface area (Å²) in [5, 5.41) is 3.36. The average molecular weight is 165 g/mol. The summed E-state index contributed by atoms with van der Waals surface area (Å²) in [7, 11) is 2.06. The van der Waals surface area contributed by atoms with Crippen molar-refractivity contribution in [3.63, 3.8) is 0 Å². The van der Waals surface area contributed by atoms with Gasteiger partial charge in [-0.2, -0.15) is 0 Å². The highest BCUT2D eigenvalue weighted by atomic mass is 14.9. The first-order valence-corrected chi connectivity index (χ1v) is 4.97. The molecule has 0 spiro atoms. The number of rotatable bonds is 2. The third-order valence-corrected chi connectivity index (χ3v) is 2.85. The van der Waals surface area contributed by atoms with E-state index >= 15 is 0 Å². The third kappa shape index (κ3) is 2.87. The van der Waals surface area contributed by atoms with Crippen molar-refractivity contribution >= 4 is 0 Å². The molecule has 0 radical (unpaired) electrons. The normalized spacial score (nSPS) is 30.7. The third-order valence-electron chi connectivity index (χ3n) is 2.85. The Bertz CT molecular complexity index is 157. The highest BCUT2D eigenvalue weighted by molar-refractivity contribution is 4.89. The van der Waals surface area contributed by atoms with Crippen molar-refractivity contribution in [2.45, 2.75) is 44.6 Å². The van der Waals surface area contributed by atoms with Crippen LogP contribution in [-0.2, 0) is 0 Å². The molecule has 68 valence electrons. The average Bonchev–Trinajstić information content (AvgIpc) is 2.30. The molecular formula is C11H19N. The standard InChI is InChI=1S/C11H19N/c1-3-6-10-7-4-5-8-11(9-10)12-2/h1,10-12H,4-9H2,2H3. The molecular weight excluding hydrogens is 146 g/mol. The zero-order chi connectivity index (χ0) is 8.81. The number of terminal acetylenes is 1. The molecule has 2 unspecified atom stereocenters. The van der Waals surface area contributed by atoms with Crippen molar-refractivity contribution in [1.82, 2.24) is 5.32 Å². The molecule has 0 aromatic rings. The molecule has 1 fully saturated rings. The summed E-state index contributed by atoms with van der Waals surface area (Å²) < 4.78 is 0. The van der Waals surface area contributed by atoms with E-state index in [-0.39, 0.29) is 0 Å². The second-order valence-corrected chi connectivity index (χ2v) is 3.78. The highest BCUT2D eigenvalue weighted by Crippen LogP contribution is 2.25. The van der Waals surface area contributed by atoms with Crippen LogP contribution in [0.2, 0.25) is 0 Å². The van der Waals surface area contributed by atoms with Gasteiger partial charge in [0.05, 0.1) is 0 Å². The quantitative estimate of drug-likeness (QED) is 0.488. The van der Waals surface area contributed by atoms with E-state index in [9.17, 15) is 0 Å². The lowest BCUT2D eigenvalue weighted by molar-refractivity contribution is 0.409.